The molecule has 0 amide bonds. The fourth-order valence-electron chi connectivity index (χ4n) is 9.40. The summed E-state index contributed by atoms with van der Waals surface area (Å²) in [6.45, 7) is 18.9. The molecule has 16 nitrogen and oxygen atoms in total. The molecule has 3 aliphatic heterocycles. The number of cyclic esters (lactones) is 1. The molecular formula is C43H71N3O13S. The lowest BCUT2D eigenvalue weighted by Gasteiger charge is -2.49. The van der Waals surface area contributed by atoms with E-state index in [-0.39, 0.29) is 35.9 Å². The van der Waals surface area contributed by atoms with E-state index >= 15 is 0 Å². The summed E-state index contributed by atoms with van der Waals surface area (Å²) in [7, 11) is 5.31. The molecule has 1 aromatic heterocycles. The quantitative estimate of drug-likeness (QED) is 0.264. The maximum absolute atomic E-state index is 14.4. The minimum atomic E-state index is -1.78. The number of likely N-dealkylation sites (N-methyl/N-ethyl adjacent to an activating group) is 1. The Hall–Kier alpha value is -2.61. The highest BCUT2D eigenvalue weighted by atomic mass is 32.1. The standard InChI is InChI=1S/C43H71N3O13S/c1-15-31-24(4)34(49)25(5)33(48)22(2)19-42(10,51)37(58-40-36(55-29(9)47)30(45(12)13)18-23(3)53-40)26(6)35(27(7)39(50)56-31)57-32-20-43(11,52-14)38(28(8)54-32)59-41(60)46-17-16-44-21-46/h16-17,21-28,30-32,34-38,40,49,51H,15,18-20H2,1-14H3/t22-,23-,24+,25-,26-,27-,28+,30+,31+,32+,34+,35+,36-,37-,38+,40+,42-,43-/m1/s1. The summed E-state index contributed by atoms with van der Waals surface area (Å²) >= 11 is 5.56. The third kappa shape index (κ3) is 11.5. The number of hydrogen-bond donors (Lipinski definition) is 2. The highest BCUT2D eigenvalue weighted by Gasteiger charge is 2.54. The van der Waals surface area contributed by atoms with Crippen molar-refractivity contribution < 1.29 is 62.5 Å². The number of methoxy groups -OCH3 is 1. The van der Waals surface area contributed by atoms with E-state index in [2.05, 4.69) is 4.98 Å². The van der Waals surface area contributed by atoms with Crippen LogP contribution in [0.4, 0.5) is 0 Å². The molecule has 3 saturated heterocycles. The van der Waals surface area contributed by atoms with Crippen LogP contribution in [0.3, 0.4) is 0 Å². The zero-order valence-corrected chi connectivity index (χ0v) is 38.7. The number of nitrogens with zero attached hydrogens (tertiary/aromatic N) is 3. The third-order valence-electron chi connectivity index (χ3n) is 13.0. The minimum Gasteiger partial charge on any atom is -0.462 e. The molecule has 0 spiro atoms. The van der Waals surface area contributed by atoms with Crippen molar-refractivity contribution in [1.29, 1.82) is 0 Å². The first kappa shape index (κ1) is 50.0. The monoisotopic (exact) mass is 869 g/mol. The molecule has 0 aliphatic carbocycles. The Morgan fingerprint density at radius 2 is 1.65 bits per heavy atom. The Balaban J connectivity index is 1.82. The fourth-order valence-corrected chi connectivity index (χ4v) is 9.62. The van der Waals surface area contributed by atoms with E-state index in [0.29, 0.717) is 12.8 Å². The number of aliphatic hydroxyl groups is 2. The van der Waals surface area contributed by atoms with Gasteiger partial charge in [-0.15, -0.1) is 0 Å². The first-order valence-electron chi connectivity index (χ1n) is 21.3. The third-order valence-corrected chi connectivity index (χ3v) is 13.3. The number of carbonyl (C=O) groups excluding carboxylic acids is 3. The molecule has 0 radical (unpaired) electrons. The average molecular weight is 870 g/mol. The van der Waals surface area contributed by atoms with Gasteiger partial charge in [0.05, 0.1) is 48.1 Å². The highest BCUT2D eigenvalue weighted by molar-refractivity contribution is 7.80. The number of rotatable bonds is 9. The number of ketones is 1. The number of imidazole rings is 1. The second-order valence-corrected chi connectivity index (χ2v) is 18.5. The lowest BCUT2D eigenvalue weighted by molar-refractivity contribution is -0.317. The van der Waals surface area contributed by atoms with Crippen molar-refractivity contribution in [1.82, 2.24) is 14.5 Å². The van der Waals surface area contributed by atoms with Crippen LogP contribution in [0.25, 0.3) is 0 Å². The molecule has 3 fully saturated rings. The Morgan fingerprint density at radius 1 is 0.983 bits per heavy atom. The van der Waals surface area contributed by atoms with Crippen LogP contribution in [0.5, 0.6) is 0 Å². The smallest absolute Gasteiger partial charge is 0.311 e. The molecule has 60 heavy (non-hydrogen) atoms. The average Bonchev–Trinajstić information content (AvgIpc) is 3.73. The summed E-state index contributed by atoms with van der Waals surface area (Å²) in [4.78, 5) is 46.9. The van der Waals surface area contributed by atoms with Gasteiger partial charge in [-0.05, 0) is 80.2 Å². The zero-order chi connectivity index (χ0) is 45.0. The van der Waals surface area contributed by atoms with Crippen molar-refractivity contribution in [3.63, 3.8) is 0 Å². The fraction of sp³-hybridized carbons (Fsp3) is 0.837. The number of aliphatic hydroxyl groups excluding tert-OH is 1. The van der Waals surface area contributed by atoms with E-state index in [1.54, 1.807) is 65.6 Å². The van der Waals surface area contributed by atoms with Crippen LogP contribution in [0, 0.1) is 29.6 Å². The van der Waals surface area contributed by atoms with E-state index in [4.69, 9.17) is 50.1 Å². The van der Waals surface area contributed by atoms with Gasteiger partial charge in [-0.2, -0.15) is 0 Å². The van der Waals surface area contributed by atoms with Gasteiger partial charge in [0.15, 0.2) is 24.8 Å². The second kappa shape index (κ2) is 20.7. The van der Waals surface area contributed by atoms with Crippen LogP contribution in [0.15, 0.2) is 18.7 Å². The number of thiocarbonyl (C=S) groups is 1. The number of carbonyl (C=O) groups is 3. The number of Topliss-reactive ketones (excluding diaryl/α,β-unsaturated/α-hetero) is 1. The van der Waals surface area contributed by atoms with Gasteiger partial charge in [0, 0.05) is 56.5 Å². The SMILES string of the molecule is CC[C@@H]1OC(=O)[C@H](C)[C@@H](O[C@H]2C[C@@](C)(OC)[C@@H](OC(=S)n3ccnc3)[C@H](C)O2)[C@@H](C)[C@@H](O[C@@H]2O[C@H](C)C[C@H](N(C)C)[C@H]2OC(C)=O)[C@](C)(O)C[C@@H](C)C(=O)[C@@H](C)[C@@H](O)[C@H]1C. The first-order chi connectivity index (χ1) is 28.0. The molecule has 0 saturated carbocycles. The summed E-state index contributed by atoms with van der Waals surface area (Å²) in [5.41, 5.74) is -2.78. The molecule has 342 valence electrons. The van der Waals surface area contributed by atoms with Crippen molar-refractivity contribution in [3.05, 3.63) is 18.7 Å². The number of aromatic nitrogens is 2. The minimum absolute atomic E-state index is 0.0821. The van der Waals surface area contributed by atoms with Gasteiger partial charge in [-0.1, -0.05) is 34.6 Å². The summed E-state index contributed by atoms with van der Waals surface area (Å²) in [5, 5.41) is 24.3. The molecule has 0 unspecified atom stereocenters. The summed E-state index contributed by atoms with van der Waals surface area (Å²) in [6.07, 6.45) is -3.01. The topological polar surface area (TPSA) is 187 Å². The summed E-state index contributed by atoms with van der Waals surface area (Å²) in [5.74, 6) is -5.38. The molecule has 0 aromatic carbocycles. The van der Waals surface area contributed by atoms with Crippen molar-refractivity contribution in [2.24, 2.45) is 29.6 Å². The van der Waals surface area contributed by atoms with Crippen LogP contribution >= 0.6 is 12.2 Å². The van der Waals surface area contributed by atoms with Gasteiger partial charge in [-0.3, -0.25) is 19.0 Å². The van der Waals surface area contributed by atoms with Crippen molar-refractivity contribution >= 4 is 35.1 Å². The Kier molecular flexibility index (Phi) is 17.3. The molecule has 17 heteroatoms. The summed E-state index contributed by atoms with van der Waals surface area (Å²) in [6, 6.07) is -0.307. The lowest BCUT2D eigenvalue weighted by Crippen LogP contribution is -2.61. The normalized spacial score (nSPS) is 42.5. The van der Waals surface area contributed by atoms with E-state index in [1.807, 2.05) is 46.7 Å². The molecular weight excluding hydrogens is 799 g/mol. The second-order valence-electron chi connectivity index (χ2n) is 18.1. The van der Waals surface area contributed by atoms with Crippen LogP contribution in [0.2, 0.25) is 0 Å². The number of hydrogen-bond acceptors (Lipinski definition) is 16. The van der Waals surface area contributed by atoms with Crippen molar-refractivity contribution in [2.45, 2.75) is 181 Å². The number of ether oxygens (including phenoxy) is 8. The van der Waals surface area contributed by atoms with Crippen LogP contribution < -0.4 is 0 Å². The molecule has 0 bridgehead atoms. The summed E-state index contributed by atoms with van der Waals surface area (Å²) < 4.78 is 52.6. The lowest BCUT2D eigenvalue weighted by atomic mass is 9.74. The highest BCUT2D eigenvalue weighted by Crippen LogP contribution is 2.41. The Bertz CT molecular complexity index is 1600. The Labute approximate surface area is 361 Å². The largest absolute Gasteiger partial charge is 0.462 e. The maximum Gasteiger partial charge on any atom is 0.311 e. The van der Waals surface area contributed by atoms with E-state index < -0.39 is 108 Å². The van der Waals surface area contributed by atoms with Gasteiger partial charge in [0.25, 0.3) is 5.17 Å². The number of esters is 2. The maximum atomic E-state index is 14.4. The molecule has 18 atom stereocenters. The van der Waals surface area contributed by atoms with Crippen molar-refractivity contribution in [3.8, 4) is 0 Å². The molecule has 4 heterocycles. The molecule has 4 rings (SSSR count). The van der Waals surface area contributed by atoms with Gasteiger partial charge in [-0.25, -0.2) is 4.98 Å². The predicted molar refractivity (Wildman–Crippen MR) is 223 cm³/mol. The predicted octanol–water partition coefficient (Wildman–Crippen LogP) is 4.30. The van der Waals surface area contributed by atoms with Gasteiger partial charge >= 0.3 is 11.9 Å². The zero-order valence-electron chi connectivity index (χ0n) is 37.9. The molecule has 2 N–H and O–H groups in total. The van der Waals surface area contributed by atoms with Gasteiger partial charge < -0.3 is 53.0 Å². The van der Waals surface area contributed by atoms with Gasteiger partial charge in [0.1, 0.15) is 23.8 Å². The van der Waals surface area contributed by atoms with Crippen LogP contribution in [0.1, 0.15) is 102 Å². The van der Waals surface area contributed by atoms with E-state index in [1.165, 1.54) is 13.3 Å². The van der Waals surface area contributed by atoms with Gasteiger partial charge in [0.2, 0.25) is 0 Å². The Morgan fingerprint density at radius 3 is 2.22 bits per heavy atom. The van der Waals surface area contributed by atoms with E-state index in [9.17, 15) is 24.6 Å². The van der Waals surface area contributed by atoms with Crippen LogP contribution in [-0.4, -0.2) is 147 Å². The van der Waals surface area contributed by atoms with E-state index in [0.717, 1.165) is 0 Å². The molecule has 1 aromatic rings. The first-order valence-corrected chi connectivity index (χ1v) is 21.7. The van der Waals surface area contributed by atoms with Crippen LogP contribution in [-0.2, 0) is 52.3 Å². The van der Waals surface area contributed by atoms with Crippen molar-refractivity contribution in [2.75, 3.05) is 21.2 Å². The molecule has 3 aliphatic rings.